The Morgan fingerprint density at radius 3 is 2.55 bits per heavy atom. The highest BCUT2D eigenvalue weighted by Gasteiger charge is 2.42. The predicted molar refractivity (Wildman–Crippen MR) is 77.7 cm³/mol. The van der Waals surface area contributed by atoms with Gasteiger partial charge in [0.2, 0.25) is 10.0 Å². The number of carbonyl (C=O) groups excluding carboxylic acids is 1. The maximum absolute atomic E-state index is 12.3. The molecule has 3 atom stereocenters. The van der Waals surface area contributed by atoms with Gasteiger partial charge in [-0.1, -0.05) is 23.8 Å². The van der Waals surface area contributed by atoms with E-state index in [4.69, 9.17) is 9.47 Å². The summed E-state index contributed by atoms with van der Waals surface area (Å²) >= 11 is 0. The highest BCUT2D eigenvalue weighted by molar-refractivity contribution is 7.89. The summed E-state index contributed by atoms with van der Waals surface area (Å²) in [4.78, 5) is 11.2. The Hall–Kier alpha value is -1.90. The molecule has 0 unspecified atom stereocenters. The third kappa shape index (κ3) is 3.46. The number of sulfonamides is 1. The molecular weight excluding hydrogens is 310 g/mol. The minimum atomic E-state index is -3.82. The molecule has 1 saturated heterocycles. The van der Waals surface area contributed by atoms with Gasteiger partial charge in [-0.2, -0.15) is 0 Å². The van der Waals surface area contributed by atoms with Crippen LogP contribution in [0, 0.1) is 6.92 Å². The monoisotopic (exact) mass is 327 g/mol. The SMILES string of the molecule is C=C[C@H](NS(=O)(=O)c1ccc(C)cc1)[C@H]1OC(=O)O[C@@H]1CO. The zero-order valence-corrected chi connectivity index (χ0v) is 12.7. The number of nitrogens with one attached hydrogen (secondary N) is 1. The molecule has 0 aliphatic carbocycles. The van der Waals surface area contributed by atoms with Crippen LogP contribution in [-0.2, 0) is 19.5 Å². The van der Waals surface area contributed by atoms with Gasteiger partial charge in [0.05, 0.1) is 17.5 Å². The van der Waals surface area contributed by atoms with E-state index in [-0.39, 0.29) is 4.90 Å². The lowest BCUT2D eigenvalue weighted by Gasteiger charge is -2.22. The molecule has 7 nitrogen and oxygen atoms in total. The highest BCUT2D eigenvalue weighted by atomic mass is 32.2. The standard InChI is InChI=1S/C14H17NO6S/c1-3-11(13-12(8-16)20-14(17)21-13)15-22(18,19)10-6-4-9(2)5-7-10/h3-7,11-13,15-16H,1,8H2,2H3/t11-,12+,13+/m0/s1. The smallest absolute Gasteiger partial charge is 0.425 e. The lowest BCUT2D eigenvalue weighted by Crippen LogP contribution is -2.47. The quantitative estimate of drug-likeness (QED) is 0.590. The number of benzene rings is 1. The molecular formula is C14H17NO6S. The van der Waals surface area contributed by atoms with Crippen molar-refractivity contribution in [1.82, 2.24) is 4.72 Å². The molecule has 0 aromatic heterocycles. The van der Waals surface area contributed by atoms with Crippen LogP contribution in [0.15, 0.2) is 41.8 Å². The summed E-state index contributed by atoms with van der Waals surface area (Å²) in [6.45, 7) is 4.90. The summed E-state index contributed by atoms with van der Waals surface area (Å²) in [5.74, 6) is 0. The van der Waals surface area contributed by atoms with Gasteiger partial charge in [0, 0.05) is 0 Å². The molecule has 1 fully saturated rings. The van der Waals surface area contributed by atoms with Gasteiger partial charge in [-0.15, -0.1) is 6.58 Å². The topological polar surface area (TPSA) is 102 Å². The number of hydrogen-bond donors (Lipinski definition) is 2. The molecule has 1 aliphatic heterocycles. The number of hydrogen-bond acceptors (Lipinski definition) is 6. The summed E-state index contributed by atoms with van der Waals surface area (Å²) in [6.07, 6.45) is -1.59. The predicted octanol–water partition coefficient (Wildman–Crippen LogP) is 0.724. The second kappa shape index (κ2) is 6.47. The second-order valence-corrected chi connectivity index (χ2v) is 6.58. The fourth-order valence-electron chi connectivity index (χ4n) is 2.07. The van der Waals surface area contributed by atoms with Crippen molar-refractivity contribution in [2.45, 2.75) is 30.1 Å². The fraction of sp³-hybridized carbons (Fsp3) is 0.357. The average molecular weight is 327 g/mol. The minimum absolute atomic E-state index is 0.0794. The summed E-state index contributed by atoms with van der Waals surface area (Å²) in [5.41, 5.74) is 0.928. The van der Waals surface area contributed by atoms with Crippen molar-refractivity contribution in [3.63, 3.8) is 0 Å². The van der Waals surface area contributed by atoms with Crippen LogP contribution in [0.25, 0.3) is 0 Å². The van der Waals surface area contributed by atoms with Crippen LogP contribution in [0.5, 0.6) is 0 Å². The summed E-state index contributed by atoms with van der Waals surface area (Å²) < 4.78 is 36.7. The summed E-state index contributed by atoms with van der Waals surface area (Å²) in [5, 5.41) is 9.18. The minimum Gasteiger partial charge on any atom is -0.425 e. The number of rotatable bonds is 6. The number of aryl methyl sites for hydroxylation is 1. The number of cyclic esters (lactones) is 2. The zero-order valence-electron chi connectivity index (χ0n) is 11.9. The Morgan fingerprint density at radius 2 is 2.00 bits per heavy atom. The van der Waals surface area contributed by atoms with Gasteiger partial charge in [-0.05, 0) is 19.1 Å². The largest absolute Gasteiger partial charge is 0.509 e. The summed E-state index contributed by atoms with van der Waals surface area (Å²) in [7, 11) is -3.82. The average Bonchev–Trinajstić information content (AvgIpc) is 2.86. The lowest BCUT2D eigenvalue weighted by molar-refractivity contribution is 0.0766. The fourth-order valence-corrected chi connectivity index (χ4v) is 3.28. The van der Waals surface area contributed by atoms with Crippen molar-refractivity contribution in [2.24, 2.45) is 0 Å². The molecule has 22 heavy (non-hydrogen) atoms. The molecule has 2 N–H and O–H groups in total. The first-order valence-electron chi connectivity index (χ1n) is 6.57. The maximum atomic E-state index is 12.3. The molecule has 0 spiro atoms. The lowest BCUT2D eigenvalue weighted by atomic mass is 10.1. The van der Waals surface area contributed by atoms with Crippen LogP contribution in [0.1, 0.15) is 5.56 Å². The van der Waals surface area contributed by atoms with Crippen LogP contribution in [0.3, 0.4) is 0 Å². The van der Waals surface area contributed by atoms with Crippen LogP contribution in [0.2, 0.25) is 0 Å². The van der Waals surface area contributed by atoms with Crippen molar-refractivity contribution >= 4 is 16.2 Å². The van der Waals surface area contributed by atoms with E-state index in [0.29, 0.717) is 0 Å². The Kier molecular flexibility index (Phi) is 4.84. The maximum Gasteiger partial charge on any atom is 0.509 e. The third-order valence-electron chi connectivity index (χ3n) is 3.26. The number of ether oxygens (including phenoxy) is 2. The normalized spacial score (nSPS) is 22.7. The first kappa shape index (κ1) is 16.5. The molecule has 1 aromatic rings. The van der Waals surface area contributed by atoms with Crippen molar-refractivity contribution in [3.05, 3.63) is 42.5 Å². The molecule has 0 amide bonds. The number of aliphatic hydroxyl groups is 1. The Balaban J connectivity index is 2.20. The van der Waals surface area contributed by atoms with E-state index in [2.05, 4.69) is 11.3 Å². The third-order valence-corrected chi connectivity index (χ3v) is 4.73. The van der Waals surface area contributed by atoms with E-state index in [1.165, 1.54) is 18.2 Å². The molecule has 8 heteroatoms. The Bertz CT molecular complexity index is 654. The van der Waals surface area contributed by atoms with Crippen molar-refractivity contribution in [1.29, 1.82) is 0 Å². The van der Waals surface area contributed by atoms with Crippen molar-refractivity contribution in [3.8, 4) is 0 Å². The van der Waals surface area contributed by atoms with Crippen LogP contribution in [-0.4, -0.2) is 44.5 Å². The first-order valence-corrected chi connectivity index (χ1v) is 8.05. The van der Waals surface area contributed by atoms with E-state index >= 15 is 0 Å². The molecule has 2 rings (SSSR count). The van der Waals surface area contributed by atoms with E-state index in [1.807, 2.05) is 6.92 Å². The molecule has 120 valence electrons. The van der Waals surface area contributed by atoms with Gasteiger partial charge in [0.25, 0.3) is 0 Å². The Labute approximate surface area is 128 Å². The van der Waals surface area contributed by atoms with Gasteiger partial charge in [-0.25, -0.2) is 17.9 Å². The molecule has 0 radical (unpaired) electrons. The van der Waals surface area contributed by atoms with E-state index in [1.54, 1.807) is 12.1 Å². The highest BCUT2D eigenvalue weighted by Crippen LogP contribution is 2.20. The summed E-state index contributed by atoms with van der Waals surface area (Å²) in [6, 6.07) is 5.37. The van der Waals surface area contributed by atoms with E-state index in [9.17, 15) is 18.3 Å². The van der Waals surface area contributed by atoms with E-state index < -0.39 is 41.0 Å². The van der Waals surface area contributed by atoms with Gasteiger partial charge in [0.15, 0.2) is 12.2 Å². The van der Waals surface area contributed by atoms with Gasteiger partial charge < -0.3 is 14.6 Å². The first-order chi connectivity index (χ1) is 10.4. The van der Waals surface area contributed by atoms with Crippen LogP contribution < -0.4 is 4.72 Å². The van der Waals surface area contributed by atoms with Crippen molar-refractivity contribution < 1.29 is 27.8 Å². The molecule has 1 aliphatic rings. The number of aliphatic hydroxyl groups excluding tert-OH is 1. The Morgan fingerprint density at radius 1 is 1.36 bits per heavy atom. The van der Waals surface area contributed by atoms with Gasteiger partial charge >= 0.3 is 6.16 Å². The number of carbonyl (C=O) groups is 1. The van der Waals surface area contributed by atoms with Gasteiger partial charge in [-0.3, -0.25) is 0 Å². The zero-order chi connectivity index (χ0) is 16.3. The van der Waals surface area contributed by atoms with Gasteiger partial charge in [0.1, 0.15) is 0 Å². The van der Waals surface area contributed by atoms with Crippen LogP contribution >= 0.6 is 0 Å². The second-order valence-electron chi connectivity index (χ2n) is 4.87. The van der Waals surface area contributed by atoms with E-state index in [0.717, 1.165) is 5.56 Å². The molecule has 0 saturated carbocycles. The molecule has 0 bridgehead atoms. The molecule has 1 heterocycles. The molecule has 1 aromatic carbocycles. The van der Waals surface area contributed by atoms with Crippen LogP contribution in [0.4, 0.5) is 4.79 Å². The van der Waals surface area contributed by atoms with Crippen molar-refractivity contribution in [2.75, 3.05) is 6.61 Å².